The van der Waals surface area contributed by atoms with Gasteiger partial charge in [-0.05, 0) is 56.5 Å². The molecule has 3 aromatic rings. The molecule has 222 valence electrons. The molecule has 0 bridgehead atoms. The number of rotatable bonds is 10. The molecule has 0 aliphatic carbocycles. The van der Waals surface area contributed by atoms with Gasteiger partial charge in [-0.25, -0.2) is 21.2 Å². The van der Waals surface area contributed by atoms with Crippen molar-refractivity contribution < 1.29 is 35.8 Å². The molecular formula is C28H34FN3O7S2. The molecule has 0 saturated carbocycles. The molecule has 2 saturated heterocycles. The number of halogens is 1. The number of sulfonamides is 1. The number of alkyl halides is 1. The van der Waals surface area contributed by atoms with Crippen molar-refractivity contribution in [2.45, 2.75) is 59.2 Å². The van der Waals surface area contributed by atoms with Gasteiger partial charge in [-0.1, -0.05) is 24.3 Å². The van der Waals surface area contributed by atoms with Crippen LogP contribution in [-0.4, -0.2) is 87.3 Å². The van der Waals surface area contributed by atoms with Crippen LogP contribution < -0.4 is 10.1 Å². The molecule has 1 spiro atoms. The summed E-state index contributed by atoms with van der Waals surface area (Å²) in [7, 11) is -7.76. The normalized spacial score (nSPS) is 21.2. The van der Waals surface area contributed by atoms with Gasteiger partial charge >= 0.3 is 0 Å². The fraction of sp³-hybridized carbons (Fsp3) is 0.464. The van der Waals surface area contributed by atoms with E-state index in [1.807, 2.05) is 24.3 Å². The molecule has 2 aromatic carbocycles. The van der Waals surface area contributed by atoms with E-state index >= 15 is 0 Å². The largest absolute Gasteiger partial charge is 0.491 e. The van der Waals surface area contributed by atoms with E-state index in [-0.39, 0.29) is 34.7 Å². The molecule has 2 aliphatic rings. The smallest absolute Gasteiger partial charge is 0.244 e. The third kappa shape index (κ3) is 6.55. The van der Waals surface area contributed by atoms with E-state index < -0.39 is 37.1 Å². The SMILES string of the molecule is CC(F)S(=O)(=O)c1cccc(OC[C@@H](O)CN[C@H]2COC3(CCN(S(=O)(=O)c4cnc5ccccc5c4)CC3)C2)c1. The number of fused-ring (bicyclic) bond motifs is 1. The third-order valence-electron chi connectivity index (χ3n) is 7.69. The van der Waals surface area contributed by atoms with Gasteiger partial charge in [0.25, 0.3) is 0 Å². The lowest BCUT2D eigenvalue weighted by molar-refractivity contribution is -0.0312. The summed E-state index contributed by atoms with van der Waals surface area (Å²) in [6.45, 7) is 2.22. The lowest BCUT2D eigenvalue weighted by atomic mass is 9.88. The second-order valence-corrected chi connectivity index (χ2v) is 14.7. The van der Waals surface area contributed by atoms with Gasteiger partial charge in [0.1, 0.15) is 23.4 Å². The Kier molecular flexibility index (Phi) is 8.65. The molecule has 41 heavy (non-hydrogen) atoms. The van der Waals surface area contributed by atoms with Gasteiger partial charge in [-0.15, -0.1) is 0 Å². The molecule has 1 unspecified atom stereocenters. The predicted octanol–water partition coefficient (Wildman–Crippen LogP) is 2.67. The van der Waals surface area contributed by atoms with Crippen LogP contribution in [-0.2, 0) is 24.6 Å². The quantitative estimate of drug-likeness (QED) is 0.357. The minimum atomic E-state index is -4.08. The highest BCUT2D eigenvalue weighted by Gasteiger charge is 2.44. The highest BCUT2D eigenvalue weighted by atomic mass is 32.2. The fourth-order valence-electron chi connectivity index (χ4n) is 5.28. The summed E-state index contributed by atoms with van der Waals surface area (Å²) >= 11 is 0. The fourth-order valence-corrected chi connectivity index (χ4v) is 7.63. The standard InChI is InChI=1S/C28H34FN3O7S2/c1-20(29)40(34,35)25-7-4-6-24(14-25)38-19-23(33)16-30-22-15-28(39-18-22)9-11-32(12-10-28)41(36,37)26-13-21-5-2-3-8-27(21)31-17-26/h2-8,13-14,17,20,22-23,30,33H,9-12,15-16,18-19H2,1H3/t20?,22-,23+/m1/s1. The van der Waals surface area contributed by atoms with E-state index in [1.165, 1.54) is 28.7 Å². The van der Waals surface area contributed by atoms with Gasteiger partial charge in [-0.2, -0.15) is 4.31 Å². The number of nitrogens with zero attached hydrogens (tertiary/aromatic N) is 2. The molecule has 13 heteroatoms. The maximum atomic E-state index is 13.5. The number of ether oxygens (including phenoxy) is 2. The minimum Gasteiger partial charge on any atom is -0.491 e. The van der Waals surface area contributed by atoms with Crippen molar-refractivity contribution >= 4 is 30.8 Å². The molecule has 2 aliphatic heterocycles. The topological polar surface area (TPSA) is 135 Å². The predicted molar refractivity (Wildman–Crippen MR) is 151 cm³/mol. The first-order valence-corrected chi connectivity index (χ1v) is 16.5. The minimum absolute atomic E-state index is 0.0167. The molecule has 10 nitrogen and oxygen atoms in total. The van der Waals surface area contributed by atoms with E-state index in [9.17, 15) is 26.3 Å². The Hall–Kier alpha value is -2.68. The van der Waals surface area contributed by atoms with Crippen molar-refractivity contribution in [2.75, 3.05) is 32.8 Å². The van der Waals surface area contributed by atoms with Gasteiger partial charge in [0.2, 0.25) is 25.4 Å². The molecule has 5 rings (SSSR count). The monoisotopic (exact) mass is 607 g/mol. The van der Waals surface area contributed by atoms with E-state index in [0.717, 1.165) is 17.8 Å². The first-order chi connectivity index (χ1) is 19.5. The first kappa shape index (κ1) is 29.8. The van der Waals surface area contributed by atoms with Crippen LogP contribution in [0.3, 0.4) is 0 Å². The highest BCUT2D eigenvalue weighted by molar-refractivity contribution is 7.91. The van der Waals surface area contributed by atoms with Crippen molar-refractivity contribution in [1.29, 1.82) is 0 Å². The molecule has 1 aromatic heterocycles. The van der Waals surface area contributed by atoms with Crippen molar-refractivity contribution in [1.82, 2.24) is 14.6 Å². The number of hydrogen-bond donors (Lipinski definition) is 2. The van der Waals surface area contributed by atoms with E-state index in [2.05, 4.69) is 10.3 Å². The Labute approximate surface area is 239 Å². The number of pyridine rings is 1. The van der Waals surface area contributed by atoms with Gasteiger partial charge in [0.15, 0.2) is 0 Å². The van der Waals surface area contributed by atoms with Crippen LogP contribution in [0.25, 0.3) is 10.9 Å². The zero-order valence-corrected chi connectivity index (χ0v) is 24.3. The maximum Gasteiger partial charge on any atom is 0.244 e. The number of aliphatic hydroxyl groups is 1. The van der Waals surface area contributed by atoms with Crippen LogP contribution in [0.4, 0.5) is 4.39 Å². The van der Waals surface area contributed by atoms with Crippen molar-refractivity contribution in [3.05, 3.63) is 60.8 Å². The maximum absolute atomic E-state index is 13.5. The summed E-state index contributed by atoms with van der Waals surface area (Å²) in [4.78, 5) is 4.30. The Morgan fingerprint density at radius 3 is 2.63 bits per heavy atom. The molecular weight excluding hydrogens is 573 g/mol. The van der Waals surface area contributed by atoms with E-state index in [1.54, 1.807) is 12.1 Å². The summed E-state index contributed by atoms with van der Waals surface area (Å²) in [5.74, 6) is 0.218. The number of aromatic nitrogens is 1. The Morgan fingerprint density at radius 1 is 1.12 bits per heavy atom. The zero-order chi connectivity index (χ0) is 29.3. The number of nitrogens with one attached hydrogen (secondary N) is 1. The van der Waals surface area contributed by atoms with Crippen LogP contribution in [0.15, 0.2) is 70.6 Å². The highest BCUT2D eigenvalue weighted by Crippen LogP contribution is 2.37. The average Bonchev–Trinajstić information content (AvgIpc) is 3.37. The van der Waals surface area contributed by atoms with Crippen molar-refractivity contribution in [3.8, 4) is 5.75 Å². The van der Waals surface area contributed by atoms with Crippen LogP contribution >= 0.6 is 0 Å². The zero-order valence-electron chi connectivity index (χ0n) is 22.6. The van der Waals surface area contributed by atoms with E-state index in [4.69, 9.17) is 9.47 Å². The molecule has 3 atom stereocenters. The first-order valence-electron chi connectivity index (χ1n) is 13.5. The number of aliphatic hydroxyl groups excluding tert-OH is 1. The molecule has 0 amide bonds. The summed E-state index contributed by atoms with van der Waals surface area (Å²) < 4.78 is 77.3. The number of benzene rings is 2. The van der Waals surface area contributed by atoms with E-state index in [0.29, 0.717) is 39.0 Å². The average molecular weight is 608 g/mol. The molecule has 2 fully saturated rings. The number of sulfone groups is 1. The summed E-state index contributed by atoms with van der Waals surface area (Å²) in [5, 5.41) is 14.5. The second kappa shape index (κ2) is 11.9. The van der Waals surface area contributed by atoms with Gasteiger partial charge in [-0.3, -0.25) is 4.98 Å². The molecule has 0 radical (unpaired) electrons. The van der Waals surface area contributed by atoms with Crippen LogP contribution in [0.5, 0.6) is 5.75 Å². The van der Waals surface area contributed by atoms with Crippen molar-refractivity contribution in [3.63, 3.8) is 0 Å². The van der Waals surface area contributed by atoms with Gasteiger partial charge in [0.05, 0.1) is 22.6 Å². The van der Waals surface area contributed by atoms with Crippen LogP contribution in [0.2, 0.25) is 0 Å². The summed E-state index contributed by atoms with van der Waals surface area (Å²) in [5.41, 5.74) is -1.72. The lowest BCUT2D eigenvalue weighted by Gasteiger charge is -2.38. The molecule has 3 heterocycles. The lowest BCUT2D eigenvalue weighted by Crippen LogP contribution is -2.47. The molecule has 2 N–H and O–H groups in total. The number of para-hydroxylation sites is 1. The van der Waals surface area contributed by atoms with Gasteiger partial charge in [0, 0.05) is 37.3 Å². The summed E-state index contributed by atoms with van der Waals surface area (Å²) in [6, 6.07) is 14.6. The Balaban J connectivity index is 1.09. The van der Waals surface area contributed by atoms with Crippen LogP contribution in [0.1, 0.15) is 26.2 Å². The number of hydrogen-bond acceptors (Lipinski definition) is 9. The van der Waals surface area contributed by atoms with Gasteiger partial charge < -0.3 is 19.9 Å². The third-order valence-corrected chi connectivity index (χ3v) is 11.3. The second-order valence-electron chi connectivity index (χ2n) is 10.6. The van der Waals surface area contributed by atoms with Crippen LogP contribution in [0, 0.1) is 0 Å². The number of piperidine rings is 1. The Morgan fingerprint density at radius 2 is 1.88 bits per heavy atom. The summed E-state index contributed by atoms with van der Waals surface area (Å²) in [6.07, 6.45) is 2.34. The van der Waals surface area contributed by atoms with Crippen molar-refractivity contribution in [2.24, 2.45) is 0 Å². The Bertz CT molecular complexity index is 1590.